The molecule has 26 heavy (non-hydrogen) atoms. The van der Waals surface area contributed by atoms with Gasteiger partial charge in [-0.1, -0.05) is 31.2 Å². The highest BCUT2D eigenvalue weighted by atomic mass is 32.1. The van der Waals surface area contributed by atoms with Gasteiger partial charge in [0.15, 0.2) is 0 Å². The molecule has 1 aliphatic heterocycles. The van der Waals surface area contributed by atoms with E-state index >= 15 is 0 Å². The number of aryl methyl sites for hydroxylation is 1. The van der Waals surface area contributed by atoms with Crippen LogP contribution in [0.15, 0.2) is 29.6 Å². The van der Waals surface area contributed by atoms with E-state index in [1.54, 1.807) is 11.3 Å². The second-order valence-electron chi connectivity index (χ2n) is 7.39. The highest BCUT2D eigenvalue weighted by molar-refractivity contribution is 7.09. The molecule has 1 aliphatic carbocycles. The van der Waals surface area contributed by atoms with Gasteiger partial charge in [-0.25, -0.2) is 4.98 Å². The second kappa shape index (κ2) is 7.89. The van der Waals surface area contributed by atoms with Gasteiger partial charge in [-0.05, 0) is 43.2 Å². The van der Waals surface area contributed by atoms with Gasteiger partial charge in [0, 0.05) is 37.6 Å². The van der Waals surface area contributed by atoms with E-state index in [9.17, 15) is 4.79 Å². The minimum Gasteiger partial charge on any atom is -0.336 e. The lowest BCUT2D eigenvalue weighted by Crippen LogP contribution is -2.40. The Hall–Kier alpha value is -1.72. The molecule has 5 heteroatoms. The number of hydrogen-bond donors (Lipinski definition) is 0. The zero-order chi connectivity index (χ0) is 17.9. The molecule has 0 unspecified atom stereocenters. The molecule has 1 saturated heterocycles. The highest BCUT2D eigenvalue weighted by Crippen LogP contribution is 2.26. The molecule has 1 fully saturated rings. The topological polar surface area (TPSA) is 36.4 Å². The van der Waals surface area contributed by atoms with Crippen molar-refractivity contribution in [1.82, 2.24) is 14.8 Å². The van der Waals surface area contributed by atoms with Gasteiger partial charge in [0.25, 0.3) is 5.91 Å². The lowest BCUT2D eigenvalue weighted by atomic mass is 10.1. The summed E-state index contributed by atoms with van der Waals surface area (Å²) >= 11 is 1.62. The average Bonchev–Trinajstić information content (AvgIpc) is 3.22. The van der Waals surface area contributed by atoms with Crippen molar-refractivity contribution in [3.63, 3.8) is 0 Å². The molecule has 1 aromatic heterocycles. The Morgan fingerprint density at radius 1 is 1.15 bits per heavy atom. The van der Waals surface area contributed by atoms with Crippen LogP contribution in [0.4, 0.5) is 0 Å². The second-order valence-corrected chi connectivity index (χ2v) is 8.33. The molecule has 0 atom stereocenters. The van der Waals surface area contributed by atoms with Crippen LogP contribution in [0.3, 0.4) is 0 Å². The fourth-order valence-electron chi connectivity index (χ4n) is 4.20. The first-order chi connectivity index (χ1) is 12.7. The summed E-state index contributed by atoms with van der Waals surface area (Å²) in [5.41, 5.74) is 3.64. The van der Waals surface area contributed by atoms with Crippen molar-refractivity contribution in [2.45, 2.75) is 45.1 Å². The number of thiazole rings is 1. The number of nitrogens with zero attached hydrogens (tertiary/aromatic N) is 3. The molecule has 1 aromatic carbocycles. The zero-order valence-electron chi connectivity index (χ0n) is 15.5. The van der Waals surface area contributed by atoms with Crippen molar-refractivity contribution >= 4 is 17.2 Å². The number of fused-ring (bicyclic) bond motifs is 1. The average molecular weight is 370 g/mol. The predicted molar refractivity (Wildman–Crippen MR) is 106 cm³/mol. The Labute approximate surface area is 159 Å². The molecule has 0 radical (unpaired) electrons. The fourth-order valence-corrected chi connectivity index (χ4v) is 5.07. The summed E-state index contributed by atoms with van der Waals surface area (Å²) in [5.74, 6) is 0.111. The quantitative estimate of drug-likeness (QED) is 0.829. The maximum absolute atomic E-state index is 12.8. The van der Waals surface area contributed by atoms with Crippen LogP contribution in [0.2, 0.25) is 0 Å². The predicted octanol–water partition coefficient (Wildman–Crippen LogP) is 3.41. The number of carbonyl (C=O) groups excluding carboxylic acids is 1. The first-order valence-corrected chi connectivity index (χ1v) is 10.7. The maximum atomic E-state index is 12.8. The van der Waals surface area contributed by atoms with E-state index in [0.717, 1.165) is 63.3 Å². The molecule has 4 nitrogen and oxygen atoms in total. The van der Waals surface area contributed by atoms with Crippen molar-refractivity contribution in [2.75, 3.05) is 26.2 Å². The van der Waals surface area contributed by atoms with E-state index in [4.69, 9.17) is 0 Å². The molecule has 138 valence electrons. The van der Waals surface area contributed by atoms with E-state index in [1.165, 1.54) is 11.1 Å². The number of amides is 1. The lowest BCUT2D eigenvalue weighted by molar-refractivity contribution is 0.0753. The van der Waals surface area contributed by atoms with Crippen LogP contribution in [0, 0.1) is 0 Å². The Bertz CT molecular complexity index is 747. The zero-order valence-corrected chi connectivity index (χ0v) is 16.3. The van der Waals surface area contributed by atoms with Gasteiger partial charge in [-0.15, -0.1) is 11.3 Å². The van der Waals surface area contributed by atoms with E-state index in [2.05, 4.69) is 41.1 Å². The Morgan fingerprint density at radius 2 is 1.92 bits per heavy atom. The Morgan fingerprint density at radius 3 is 2.65 bits per heavy atom. The summed E-state index contributed by atoms with van der Waals surface area (Å²) in [6.45, 7) is 5.85. The number of hydrogen-bond acceptors (Lipinski definition) is 4. The third-order valence-corrected chi connectivity index (χ3v) is 6.51. The van der Waals surface area contributed by atoms with Gasteiger partial charge in [-0.2, -0.15) is 0 Å². The van der Waals surface area contributed by atoms with Crippen molar-refractivity contribution in [3.05, 3.63) is 51.5 Å². The molecule has 0 spiro atoms. The third-order valence-electron chi connectivity index (χ3n) is 5.60. The van der Waals surface area contributed by atoms with Crippen molar-refractivity contribution in [1.29, 1.82) is 0 Å². The monoisotopic (exact) mass is 369 g/mol. The van der Waals surface area contributed by atoms with Crippen molar-refractivity contribution in [3.8, 4) is 0 Å². The Balaban J connectivity index is 1.37. The molecule has 0 bridgehead atoms. The van der Waals surface area contributed by atoms with Crippen LogP contribution in [-0.4, -0.2) is 52.9 Å². The summed E-state index contributed by atoms with van der Waals surface area (Å²) < 4.78 is 0. The van der Waals surface area contributed by atoms with Crippen molar-refractivity contribution < 1.29 is 4.79 Å². The molecular formula is C21H27N3OS. The number of rotatable bonds is 4. The minimum atomic E-state index is 0.111. The summed E-state index contributed by atoms with van der Waals surface area (Å²) in [6.07, 6.45) is 5.38. The van der Waals surface area contributed by atoms with E-state index in [0.29, 0.717) is 11.7 Å². The SMILES string of the molecule is CCCc1nc(C(=O)N2CCCN(C3Cc4ccccc4C3)CC2)cs1. The molecule has 1 amide bonds. The number of carbonyl (C=O) groups is 1. The minimum absolute atomic E-state index is 0.111. The summed E-state index contributed by atoms with van der Waals surface area (Å²) in [4.78, 5) is 22.0. The van der Waals surface area contributed by atoms with Crippen molar-refractivity contribution in [2.24, 2.45) is 0 Å². The van der Waals surface area contributed by atoms with Gasteiger partial charge < -0.3 is 4.90 Å². The highest BCUT2D eigenvalue weighted by Gasteiger charge is 2.29. The lowest BCUT2D eigenvalue weighted by Gasteiger charge is -2.27. The van der Waals surface area contributed by atoms with Crippen LogP contribution >= 0.6 is 11.3 Å². The van der Waals surface area contributed by atoms with Gasteiger partial charge in [0.05, 0.1) is 5.01 Å². The normalized spacial score (nSPS) is 18.7. The van der Waals surface area contributed by atoms with Gasteiger partial charge in [0.1, 0.15) is 5.69 Å². The first-order valence-electron chi connectivity index (χ1n) is 9.79. The molecule has 2 aliphatic rings. The van der Waals surface area contributed by atoms with Gasteiger partial charge >= 0.3 is 0 Å². The smallest absolute Gasteiger partial charge is 0.273 e. The summed E-state index contributed by atoms with van der Waals surface area (Å²) in [7, 11) is 0. The molecule has 2 aromatic rings. The molecule has 2 heterocycles. The molecule has 0 N–H and O–H groups in total. The van der Waals surface area contributed by atoms with Crippen LogP contribution in [0.1, 0.15) is 46.4 Å². The van der Waals surface area contributed by atoms with Crippen LogP contribution in [0.5, 0.6) is 0 Å². The largest absolute Gasteiger partial charge is 0.336 e. The standard InChI is InChI=1S/C21H27N3OS/c1-2-6-20-22-19(15-26-20)21(25)24-10-5-9-23(11-12-24)18-13-16-7-3-4-8-17(16)14-18/h3-4,7-8,15,18H,2,5-6,9-14H2,1H3. The van der Waals surface area contributed by atoms with Crippen LogP contribution in [0.25, 0.3) is 0 Å². The van der Waals surface area contributed by atoms with E-state index in [1.807, 2.05) is 10.3 Å². The molecule has 4 rings (SSSR count). The molecular weight excluding hydrogens is 342 g/mol. The maximum Gasteiger partial charge on any atom is 0.273 e. The first kappa shape index (κ1) is 17.7. The van der Waals surface area contributed by atoms with Crippen LogP contribution < -0.4 is 0 Å². The molecule has 0 saturated carbocycles. The van der Waals surface area contributed by atoms with E-state index in [-0.39, 0.29) is 5.91 Å². The number of aromatic nitrogens is 1. The van der Waals surface area contributed by atoms with Gasteiger partial charge in [-0.3, -0.25) is 9.69 Å². The summed E-state index contributed by atoms with van der Waals surface area (Å²) in [5, 5.41) is 3.01. The third kappa shape index (κ3) is 3.69. The van der Waals surface area contributed by atoms with E-state index < -0.39 is 0 Å². The van der Waals surface area contributed by atoms with Crippen LogP contribution in [-0.2, 0) is 19.3 Å². The Kier molecular flexibility index (Phi) is 5.36. The number of benzene rings is 1. The fraction of sp³-hybridized carbons (Fsp3) is 0.524. The summed E-state index contributed by atoms with van der Waals surface area (Å²) in [6, 6.07) is 9.41. The van der Waals surface area contributed by atoms with Gasteiger partial charge in [0.2, 0.25) is 0 Å².